The van der Waals surface area contributed by atoms with Crippen molar-refractivity contribution < 1.29 is 8.78 Å². The molecule has 3 heteroatoms. The van der Waals surface area contributed by atoms with Crippen molar-refractivity contribution in [1.29, 1.82) is 0 Å². The van der Waals surface area contributed by atoms with Crippen molar-refractivity contribution >= 4 is 6.08 Å². The van der Waals surface area contributed by atoms with Gasteiger partial charge in [0.1, 0.15) is 11.6 Å². The third kappa shape index (κ3) is 4.94. The van der Waals surface area contributed by atoms with Crippen LogP contribution in [0.5, 0.6) is 0 Å². The molecule has 0 spiro atoms. The molecule has 2 aromatic carbocycles. The molecule has 2 aromatic rings. The molecular formula is C17H17F2N. The fraction of sp³-hybridized carbons (Fsp3) is 0.176. The van der Waals surface area contributed by atoms with Gasteiger partial charge in [-0.25, -0.2) is 8.78 Å². The molecule has 2 rings (SSSR count). The van der Waals surface area contributed by atoms with Gasteiger partial charge >= 0.3 is 0 Å². The zero-order valence-electron chi connectivity index (χ0n) is 11.2. The Morgan fingerprint density at radius 2 is 1.65 bits per heavy atom. The number of halogens is 2. The second-order valence-corrected chi connectivity index (χ2v) is 4.54. The Bertz CT molecular complexity index is 544. The first kappa shape index (κ1) is 14.4. The topological polar surface area (TPSA) is 12.0 Å². The van der Waals surface area contributed by atoms with Gasteiger partial charge in [0.2, 0.25) is 0 Å². The first-order valence-corrected chi connectivity index (χ1v) is 6.61. The summed E-state index contributed by atoms with van der Waals surface area (Å²) in [6.45, 7) is 1.41. The maximum Gasteiger partial charge on any atom is 0.126 e. The molecule has 0 aliphatic carbocycles. The van der Waals surface area contributed by atoms with Crippen molar-refractivity contribution in [3.05, 3.63) is 77.4 Å². The van der Waals surface area contributed by atoms with E-state index in [0.717, 1.165) is 18.2 Å². The Morgan fingerprint density at radius 3 is 2.35 bits per heavy atom. The van der Waals surface area contributed by atoms with E-state index in [2.05, 4.69) is 5.32 Å². The van der Waals surface area contributed by atoms with Crippen LogP contribution in [0.2, 0.25) is 0 Å². The second-order valence-electron chi connectivity index (χ2n) is 4.54. The van der Waals surface area contributed by atoms with E-state index in [4.69, 9.17) is 0 Å². The predicted octanol–water partition coefficient (Wildman–Crippen LogP) is 3.81. The molecule has 1 N–H and O–H groups in total. The Morgan fingerprint density at radius 1 is 0.950 bits per heavy atom. The van der Waals surface area contributed by atoms with Crippen LogP contribution in [0.1, 0.15) is 11.1 Å². The molecule has 0 heterocycles. The van der Waals surface area contributed by atoms with Crippen LogP contribution in [-0.4, -0.2) is 13.1 Å². The maximum atomic E-state index is 13.0. The molecule has 0 unspecified atom stereocenters. The highest BCUT2D eigenvalue weighted by Gasteiger charge is 1.99. The van der Waals surface area contributed by atoms with Crippen molar-refractivity contribution in [2.75, 3.05) is 13.1 Å². The van der Waals surface area contributed by atoms with E-state index >= 15 is 0 Å². The highest BCUT2D eigenvalue weighted by Crippen LogP contribution is 2.08. The van der Waals surface area contributed by atoms with E-state index in [9.17, 15) is 8.78 Å². The van der Waals surface area contributed by atoms with Crippen LogP contribution < -0.4 is 5.32 Å². The van der Waals surface area contributed by atoms with Gasteiger partial charge in [-0.2, -0.15) is 0 Å². The molecule has 0 aliphatic rings. The second kappa shape index (κ2) is 7.56. The van der Waals surface area contributed by atoms with Crippen LogP contribution in [0.4, 0.5) is 8.78 Å². The van der Waals surface area contributed by atoms with E-state index in [1.165, 1.54) is 12.1 Å². The van der Waals surface area contributed by atoms with E-state index in [1.807, 2.05) is 42.5 Å². The Hall–Kier alpha value is -2.00. The summed E-state index contributed by atoms with van der Waals surface area (Å²) in [4.78, 5) is 0. The minimum atomic E-state index is -0.524. The summed E-state index contributed by atoms with van der Waals surface area (Å²) in [5.41, 5.74) is 1.82. The van der Waals surface area contributed by atoms with E-state index in [1.54, 1.807) is 0 Å². The highest BCUT2D eigenvalue weighted by atomic mass is 19.1. The molecule has 0 radical (unpaired) electrons. The normalized spacial score (nSPS) is 11.1. The SMILES string of the molecule is Fc1cc(F)cc(CCNCC=Cc2ccccc2)c1. The van der Waals surface area contributed by atoms with Crippen LogP contribution in [0.15, 0.2) is 54.6 Å². The quantitative estimate of drug-likeness (QED) is 0.789. The molecular weight excluding hydrogens is 256 g/mol. The van der Waals surface area contributed by atoms with Crippen molar-refractivity contribution in [3.8, 4) is 0 Å². The third-order valence-electron chi connectivity index (χ3n) is 2.88. The fourth-order valence-electron chi connectivity index (χ4n) is 1.93. The Labute approximate surface area is 118 Å². The summed E-state index contributed by atoms with van der Waals surface area (Å²) >= 11 is 0. The van der Waals surface area contributed by atoms with Crippen molar-refractivity contribution in [2.24, 2.45) is 0 Å². The molecule has 104 valence electrons. The molecule has 0 saturated heterocycles. The molecule has 0 fully saturated rings. The highest BCUT2D eigenvalue weighted by molar-refractivity contribution is 5.48. The summed E-state index contributed by atoms with van der Waals surface area (Å²) in [5, 5.41) is 3.21. The minimum Gasteiger partial charge on any atom is -0.313 e. The van der Waals surface area contributed by atoms with Gasteiger partial charge in [0, 0.05) is 12.6 Å². The molecule has 0 bridgehead atoms. The van der Waals surface area contributed by atoms with Gasteiger partial charge in [0.05, 0.1) is 0 Å². The molecule has 0 atom stereocenters. The predicted molar refractivity (Wildman–Crippen MR) is 78.4 cm³/mol. The number of benzene rings is 2. The molecule has 1 nitrogen and oxygen atoms in total. The lowest BCUT2D eigenvalue weighted by atomic mass is 10.1. The van der Waals surface area contributed by atoms with Gasteiger partial charge in [0.15, 0.2) is 0 Å². The number of hydrogen-bond donors (Lipinski definition) is 1. The zero-order chi connectivity index (χ0) is 14.2. The van der Waals surface area contributed by atoms with E-state index < -0.39 is 11.6 Å². The third-order valence-corrected chi connectivity index (χ3v) is 2.88. The van der Waals surface area contributed by atoms with Crippen molar-refractivity contribution in [1.82, 2.24) is 5.32 Å². The standard InChI is InChI=1S/C17H17F2N/c18-16-11-15(12-17(19)13-16)8-10-20-9-4-7-14-5-2-1-3-6-14/h1-7,11-13,20H,8-10H2. The number of hydrogen-bond acceptors (Lipinski definition) is 1. The van der Waals surface area contributed by atoms with Gasteiger partial charge in [0.25, 0.3) is 0 Å². The average Bonchev–Trinajstić information content (AvgIpc) is 2.43. The van der Waals surface area contributed by atoms with E-state index in [0.29, 0.717) is 18.5 Å². The van der Waals surface area contributed by atoms with Crippen molar-refractivity contribution in [3.63, 3.8) is 0 Å². The van der Waals surface area contributed by atoms with Gasteiger partial charge in [-0.3, -0.25) is 0 Å². The summed E-state index contributed by atoms with van der Waals surface area (Å²) in [5.74, 6) is -1.05. The van der Waals surface area contributed by atoms with Crippen LogP contribution in [-0.2, 0) is 6.42 Å². The fourth-order valence-corrected chi connectivity index (χ4v) is 1.93. The average molecular weight is 273 g/mol. The summed E-state index contributed by atoms with van der Waals surface area (Å²) < 4.78 is 25.9. The molecule has 0 aromatic heterocycles. The maximum absolute atomic E-state index is 13.0. The molecule has 0 saturated carbocycles. The molecule has 20 heavy (non-hydrogen) atoms. The van der Waals surface area contributed by atoms with Gasteiger partial charge < -0.3 is 5.32 Å². The van der Waals surface area contributed by atoms with Crippen LogP contribution in [0.3, 0.4) is 0 Å². The molecule has 0 amide bonds. The van der Waals surface area contributed by atoms with Crippen LogP contribution in [0.25, 0.3) is 6.08 Å². The Kier molecular flexibility index (Phi) is 5.44. The first-order chi connectivity index (χ1) is 9.74. The first-order valence-electron chi connectivity index (χ1n) is 6.61. The van der Waals surface area contributed by atoms with Gasteiger partial charge in [-0.05, 0) is 36.2 Å². The van der Waals surface area contributed by atoms with Crippen LogP contribution >= 0.6 is 0 Å². The van der Waals surface area contributed by atoms with Gasteiger partial charge in [-0.1, -0.05) is 42.5 Å². The number of rotatable bonds is 6. The zero-order valence-corrected chi connectivity index (χ0v) is 11.2. The Balaban J connectivity index is 1.70. The largest absolute Gasteiger partial charge is 0.313 e. The summed E-state index contributed by atoms with van der Waals surface area (Å²) in [6.07, 6.45) is 4.67. The smallest absolute Gasteiger partial charge is 0.126 e. The lowest BCUT2D eigenvalue weighted by Crippen LogP contribution is -2.17. The van der Waals surface area contributed by atoms with E-state index in [-0.39, 0.29) is 0 Å². The van der Waals surface area contributed by atoms with Crippen LogP contribution in [0, 0.1) is 11.6 Å². The summed E-state index contributed by atoms with van der Waals surface area (Å²) in [6, 6.07) is 13.7. The number of nitrogens with one attached hydrogen (secondary N) is 1. The molecule has 0 aliphatic heterocycles. The lowest BCUT2D eigenvalue weighted by molar-refractivity contribution is 0.578. The minimum absolute atomic E-state index is 0.524. The monoisotopic (exact) mass is 273 g/mol. The van der Waals surface area contributed by atoms with Crippen molar-refractivity contribution in [2.45, 2.75) is 6.42 Å². The van der Waals surface area contributed by atoms with Gasteiger partial charge in [-0.15, -0.1) is 0 Å². The summed E-state index contributed by atoms with van der Waals surface area (Å²) in [7, 11) is 0. The lowest BCUT2D eigenvalue weighted by Gasteiger charge is -2.03.